The molecule has 0 radical (unpaired) electrons. The van der Waals surface area contributed by atoms with E-state index in [2.05, 4.69) is 5.16 Å². The van der Waals surface area contributed by atoms with Gasteiger partial charge in [-0.25, -0.2) is 0 Å². The molecule has 1 heterocycles. The van der Waals surface area contributed by atoms with Crippen LogP contribution in [0.1, 0.15) is 5.69 Å². The number of fused-ring (bicyclic) bond motifs is 1. The minimum Gasteiger partial charge on any atom is -0.504 e. The second-order valence-corrected chi connectivity index (χ2v) is 2.61. The number of aromatic hydroxyl groups is 2. The van der Waals surface area contributed by atoms with E-state index in [-0.39, 0.29) is 11.5 Å². The molecule has 0 bridgehead atoms. The van der Waals surface area contributed by atoms with E-state index in [4.69, 9.17) is 14.7 Å². The minimum atomic E-state index is -0.196. The zero-order valence-corrected chi connectivity index (χ0v) is 6.40. The zero-order valence-electron chi connectivity index (χ0n) is 6.40. The van der Waals surface area contributed by atoms with Crippen LogP contribution in [-0.2, 0) is 0 Å². The van der Waals surface area contributed by atoms with Crippen molar-refractivity contribution >= 4 is 11.0 Å². The molecule has 0 aliphatic rings. The van der Waals surface area contributed by atoms with E-state index >= 15 is 0 Å². The van der Waals surface area contributed by atoms with Crippen LogP contribution < -0.4 is 0 Å². The molecule has 2 rings (SSSR count). The summed E-state index contributed by atoms with van der Waals surface area (Å²) in [7, 11) is 0. The molecule has 0 aliphatic heterocycles. The van der Waals surface area contributed by atoms with Crippen molar-refractivity contribution < 1.29 is 14.7 Å². The van der Waals surface area contributed by atoms with Gasteiger partial charge < -0.3 is 14.7 Å². The van der Waals surface area contributed by atoms with Gasteiger partial charge in [0.25, 0.3) is 0 Å². The normalized spacial score (nSPS) is 10.8. The van der Waals surface area contributed by atoms with Gasteiger partial charge in [0, 0.05) is 11.5 Å². The van der Waals surface area contributed by atoms with Gasteiger partial charge >= 0.3 is 0 Å². The number of aromatic nitrogens is 1. The fourth-order valence-electron chi connectivity index (χ4n) is 1.08. The first-order chi connectivity index (χ1) is 5.68. The van der Waals surface area contributed by atoms with Gasteiger partial charge in [-0.2, -0.15) is 0 Å². The topological polar surface area (TPSA) is 66.5 Å². The molecule has 1 aromatic carbocycles. The van der Waals surface area contributed by atoms with Crippen molar-refractivity contribution in [1.82, 2.24) is 5.16 Å². The van der Waals surface area contributed by atoms with E-state index in [1.807, 2.05) is 0 Å². The number of benzene rings is 1. The summed E-state index contributed by atoms with van der Waals surface area (Å²) in [6, 6.07) is 2.77. The first kappa shape index (κ1) is 6.97. The summed E-state index contributed by atoms with van der Waals surface area (Å²) in [6.07, 6.45) is 0. The number of hydrogen-bond donors (Lipinski definition) is 2. The molecule has 4 heteroatoms. The molecule has 12 heavy (non-hydrogen) atoms. The van der Waals surface area contributed by atoms with Crippen molar-refractivity contribution in [2.75, 3.05) is 0 Å². The highest BCUT2D eigenvalue weighted by Gasteiger charge is 2.08. The lowest BCUT2D eigenvalue weighted by atomic mass is 10.2. The van der Waals surface area contributed by atoms with Crippen LogP contribution in [-0.4, -0.2) is 15.4 Å². The third-order valence-corrected chi connectivity index (χ3v) is 1.75. The van der Waals surface area contributed by atoms with Crippen molar-refractivity contribution in [1.29, 1.82) is 0 Å². The molecule has 1 aromatic heterocycles. The van der Waals surface area contributed by atoms with E-state index < -0.39 is 0 Å². The van der Waals surface area contributed by atoms with E-state index in [1.165, 1.54) is 12.1 Å². The van der Waals surface area contributed by atoms with Gasteiger partial charge in [-0.15, -0.1) is 0 Å². The van der Waals surface area contributed by atoms with E-state index in [1.54, 1.807) is 6.92 Å². The van der Waals surface area contributed by atoms with Gasteiger partial charge in [0.05, 0.1) is 5.69 Å². The van der Waals surface area contributed by atoms with Crippen LogP contribution in [0, 0.1) is 6.92 Å². The smallest absolute Gasteiger partial charge is 0.171 e. The second kappa shape index (κ2) is 2.14. The molecule has 0 saturated carbocycles. The summed E-state index contributed by atoms with van der Waals surface area (Å²) < 4.78 is 4.86. The molecule has 2 aromatic rings. The summed E-state index contributed by atoms with van der Waals surface area (Å²) in [5.74, 6) is -0.354. The molecular weight excluding hydrogens is 158 g/mol. The molecule has 0 unspecified atom stereocenters. The van der Waals surface area contributed by atoms with Gasteiger partial charge in [0.1, 0.15) is 0 Å². The Balaban J connectivity index is 2.87. The van der Waals surface area contributed by atoms with Crippen molar-refractivity contribution in [3.05, 3.63) is 17.8 Å². The average Bonchev–Trinajstić information content (AvgIpc) is 2.35. The Morgan fingerprint density at radius 1 is 1.25 bits per heavy atom. The van der Waals surface area contributed by atoms with Gasteiger partial charge in [0.2, 0.25) is 0 Å². The SMILES string of the molecule is Cc1noc2cc(O)c(O)cc12. The Labute approximate surface area is 68.0 Å². The van der Waals surface area contributed by atoms with Gasteiger partial charge in [-0.3, -0.25) is 0 Å². The lowest BCUT2D eigenvalue weighted by Crippen LogP contribution is -1.71. The van der Waals surface area contributed by atoms with Gasteiger partial charge in [-0.05, 0) is 13.0 Å². The van der Waals surface area contributed by atoms with Crippen molar-refractivity contribution in [2.45, 2.75) is 6.92 Å². The predicted molar refractivity (Wildman–Crippen MR) is 42.1 cm³/mol. The van der Waals surface area contributed by atoms with Crippen molar-refractivity contribution in [2.24, 2.45) is 0 Å². The zero-order chi connectivity index (χ0) is 8.72. The fraction of sp³-hybridized carbons (Fsp3) is 0.125. The quantitative estimate of drug-likeness (QED) is 0.581. The average molecular weight is 165 g/mol. The van der Waals surface area contributed by atoms with E-state index in [0.717, 1.165) is 0 Å². The largest absolute Gasteiger partial charge is 0.504 e. The molecule has 0 spiro atoms. The summed E-state index contributed by atoms with van der Waals surface area (Å²) in [6.45, 7) is 1.77. The number of nitrogens with zero attached hydrogens (tertiary/aromatic N) is 1. The third kappa shape index (κ3) is 0.812. The summed E-state index contributed by atoms with van der Waals surface area (Å²) in [4.78, 5) is 0. The maximum absolute atomic E-state index is 9.14. The van der Waals surface area contributed by atoms with Crippen molar-refractivity contribution in [3.63, 3.8) is 0 Å². The van der Waals surface area contributed by atoms with Crippen LogP contribution in [0.25, 0.3) is 11.0 Å². The minimum absolute atomic E-state index is 0.159. The highest BCUT2D eigenvalue weighted by atomic mass is 16.5. The van der Waals surface area contributed by atoms with E-state index in [0.29, 0.717) is 16.7 Å². The summed E-state index contributed by atoms with van der Waals surface area (Å²) in [5, 5.41) is 22.6. The van der Waals surface area contributed by atoms with Crippen molar-refractivity contribution in [3.8, 4) is 11.5 Å². The van der Waals surface area contributed by atoms with E-state index in [9.17, 15) is 0 Å². The van der Waals surface area contributed by atoms with Crippen LogP contribution >= 0.6 is 0 Å². The molecule has 0 saturated heterocycles. The number of phenolic OH excluding ortho intramolecular Hbond substituents is 2. The standard InChI is InChI=1S/C8H7NO3/c1-4-5-2-6(10)7(11)3-8(5)12-9-4/h2-3,10-11H,1H3. The van der Waals surface area contributed by atoms with Crippen LogP contribution in [0.2, 0.25) is 0 Å². The molecule has 0 atom stereocenters. The number of hydrogen-bond acceptors (Lipinski definition) is 4. The predicted octanol–water partition coefficient (Wildman–Crippen LogP) is 1.55. The number of rotatable bonds is 0. The van der Waals surface area contributed by atoms with Crippen LogP contribution in [0.15, 0.2) is 16.7 Å². The first-order valence-corrected chi connectivity index (χ1v) is 3.46. The van der Waals surface area contributed by atoms with Crippen LogP contribution in [0.5, 0.6) is 11.5 Å². The monoisotopic (exact) mass is 165 g/mol. The Bertz CT molecular complexity index is 433. The van der Waals surface area contributed by atoms with Gasteiger partial charge in [0.15, 0.2) is 17.1 Å². The molecule has 0 fully saturated rings. The third-order valence-electron chi connectivity index (χ3n) is 1.75. The van der Waals surface area contributed by atoms with Crippen LogP contribution in [0.3, 0.4) is 0 Å². The molecule has 0 amide bonds. The molecular formula is C8H7NO3. The second-order valence-electron chi connectivity index (χ2n) is 2.61. The highest BCUT2D eigenvalue weighted by Crippen LogP contribution is 2.31. The number of aryl methyl sites for hydroxylation is 1. The first-order valence-electron chi connectivity index (χ1n) is 3.46. The molecule has 4 nitrogen and oxygen atoms in total. The maximum Gasteiger partial charge on any atom is 0.171 e. The fourth-order valence-corrected chi connectivity index (χ4v) is 1.08. The molecule has 2 N–H and O–H groups in total. The van der Waals surface area contributed by atoms with Crippen LogP contribution in [0.4, 0.5) is 0 Å². The van der Waals surface area contributed by atoms with Gasteiger partial charge in [-0.1, -0.05) is 5.16 Å². The number of phenols is 2. The molecule has 62 valence electrons. The summed E-state index contributed by atoms with van der Waals surface area (Å²) >= 11 is 0. The lowest BCUT2D eigenvalue weighted by Gasteiger charge is -1.94. The Hall–Kier alpha value is -1.71. The highest BCUT2D eigenvalue weighted by molar-refractivity contribution is 5.82. The Kier molecular flexibility index (Phi) is 1.24. The maximum atomic E-state index is 9.14. The Morgan fingerprint density at radius 3 is 2.67 bits per heavy atom. The molecule has 0 aliphatic carbocycles. The summed E-state index contributed by atoms with van der Waals surface area (Å²) in [5.41, 5.74) is 1.17. The lowest BCUT2D eigenvalue weighted by molar-refractivity contribution is 0.402. The Morgan fingerprint density at radius 2 is 1.92 bits per heavy atom.